The van der Waals surface area contributed by atoms with E-state index in [0.717, 1.165) is 36.0 Å². The Morgan fingerprint density at radius 3 is 2.41 bits per heavy atom. The first-order valence-corrected chi connectivity index (χ1v) is 12.6. The Morgan fingerprint density at radius 2 is 1.68 bits per heavy atom. The van der Waals surface area contributed by atoms with Crippen LogP contribution in [0.15, 0.2) is 78.9 Å². The molecule has 0 aliphatic carbocycles. The summed E-state index contributed by atoms with van der Waals surface area (Å²) in [7, 11) is 0. The summed E-state index contributed by atoms with van der Waals surface area (Å²) < 4.78 is 0. The molecular formula is C29H30N2O2S. The first-order chi connectivity index (χ1) is 16.5. The minimum absolute atomic E-state index is 0.0107. The molecule has 4 atom stereocenters. The highest BCUT2D eigenvalue weighted by atomic mass is 32.1. The van der Waals surface area contributed by atoms with Gasteiger partial charge in [-0.1, -0.05) is 72.8 Å². The minimum atomic E-state index is -0.619. The molecule has 174 valence electrons. The molecule has 2 heterocycles. The van der Waals surface area contributed by atoms with Gasteiger partial charge in [-0.2, -0.15) is 12.6 Å². The second-order valence-corrected chi connectivity index (χ2v) is 9.92. The summed E-state index contributed by atoms with van der Waals surface area (Å²) in [6, 6.07) is 25.9. The number of fused-ring (bicyclic) bond motifs is 3. The van der Waals surface area contributed by atoms with Crippen molar-refractivity contribution in [3.05, 3.63) is 95.6 Å². The maximum atomic E-state index is 13.8. The Kier molecular flexibility index (Phi) is 6.46. The normalized spacial score (nSPS) is 22.8. The third-order valence-corrected chi connectivity index (χ3v) is 7.71. The standard InChI is InChI=1S/C29H30N2O2S/c1-19-9-8-14-26-24-17-22(20-10-4-2-5-11-20)15-16-23(24)18-25(29(33)31(19)26)30-28(32)27(34)21-12-6-3-7-13-21/h2-7,10-13,15-17,19,25-27,34H,8-9,14,18H2,1H3,(H,30,32)/t19?,25-,26?,27?/m0/s1. The van der Waals surface area contributed by atoms with Gasteiger partial charge < -0.3 is 10.2 Å². The molecule has 0 saturated carbocycles. The monoisotopic (exact) mass is 470 g/mol. The SMILES string of the molecule is CC1CCCC2c3cc(-c4ccccc4)ccc3C[C@H](NC(=O)C(S)c3ccccc3)C(=O)N12. The molecule has 1 saturated heterocycles. The molecule has 3 aromatic rings. The second-order valence-electron chi connectivity index (χ2n) is 9.40. The third-order valence-electron chi connectivity index (χ3n) is 7.18. The zero-order valence-corrected chi connectivity index (χ0v) is 20.2. The number of carbonyl (C=O) groups excluding carboxylic acids is 2. The van der Waals surface area contributed by atoms with E-state index in [0.29, 0.717) is 6.42 Å². The first-order valence-electron chi connectivity index (χ1n) is 12.1. The lowest BCUT2D eigenvalue weighted by molar-refractivity contribution is -0.141. The molecule has 2 amide bonds. The number of hydrogen-bond acceptors (Lipinski definition) is 3. The topological polar surface area (TPSA) is 49.4 Å². The summed E-state index contributed by atoms with van der Waals surface area (Å²) in [5, 5.41) is 2.42. The van der Waals surface area contributed by atoms with Crippen molar-refractivity contribution in [2.45, 2.75) is 56.0 Å². The van der Waals surface area contributed by atoms with Gasteiger partial charge in [-0.15, -0.1) is 0 Å². The van der Waals surface area contributed by atoms with E-state index in [1.807, 2.05) is 53.4 Å². The van der Waals surface area contributed by atoms with Gasteiger partial charge in [0.1, 0.15) is 11.3 Å². The summed E-state index contributed by atoms with van der Waals surface area (Å²) in [6.45, 7) is 2.13. The minimum Gasteiger partial charge on any atom is -0.343 e. The highest BCUT2D eigenvalue weighted by Crippen LogP contribution is 2.40. The van der Waals surface area contributed by atoms with Crippen LogP contribution < -0.4 is 5.32 Å². The Hall–Kier alpha value is -3.05. The summed E-state index contributed by atoms with van der Waals surface area (Å²) in [5.74, 6) is -0.227. The van der Waals surface area contributed by atoms with Gasteiger partial charge in [0, 0.05) is 12.5 Å². The Balaban J connectivity index is 1.49. The fraction of sp³-hybridized carbons (Fsp3) is 0.310. The van der Waals surface area contributed by atoms with Crippen molar-refractivity contribution in [2.75, 3.05) is 0 Å². The van der Waals surface area contributed by atoms with Crippen LogP contribution in [-0.4, -0.2) is 28.8 Å². The molecule has 1 N–H and O–H groups in total. The number of carbonyl (C=O) groups is 2. The van der Waals surface area contributed by atoms with E-state index in [1.54, 1.807) is 0 Å². The van der Waals surface area contributed by atoms with Crippen molar-refractivity contribution in [1.82, 2.24) is 10.2 Å². The fourth-order valence-corrected chi connectivity index (χ4v) is 5.65. The van der Waals surface area contributed by atoms with Crippen molar-refractivity contribution < 1.29 is 9.59 Å². The van der Waals surface area contributed by atoms with Crippen molar-refractivity contribution in [1.29, 1.82) is 0 Å². The number of hydrogen-bond donors (Lipinski definition) is 2. The van der Waals surface area contributed by atoms with Gasteiger partial charge >= 0.3 is 0 Å². The molecule has 0 radical (unpaired) electrons. The molecule has 3 aromatic carbocycles. The molecule has 1 fully saturated rings. The van der Waals surface area contributed by atoms with Crippen LogP contribution in [0, 0.1) is 0 Å². The molecule has 5 heteroatoms. The Labute approximate surface area is 206 Å². The molecule has 5 rings (SSSR count). The van der Waals surface area contributed by atoms with Crippen molar-refractivity contribution in [3.8, 4) is 11.1 Å². The number of nitrogens with zero attached hydrogens (tertiary/aromatic N) is 1. The number of piperidine rings is 1. The highest BCUT2D eigenvalue weighted by molar-refractivity contribution is 7.81. The molecule has 0 aromatic heterocycles. The van der Waals surface area contributed by atoms with E-state index >= 15 is 0 Å². The summed E-state index contributed by atoms with van der Waals surface area (Å²) in [5.41, 5.74) is 5.49. The van der Waals surface area contributed by atoms with Crippen LogP contribution in [0.3, 0.4) is 0 Å². The van der Waals surface area contributed by atoms with Crippen LogP contribution in [-0.2, 0) is 16.0 Å². The van der Waals surface area contributed by atoms with Gasteiger partial charge in [-0.05, 0) is 60.1 Å². The molecule has 2 aliphatic heterocycles. The zero-order chi connectivity index (χ0) is 23.7. The highest BCUT2D eigenvalue weighted by Gasteiger charge is 2.41. The smallest absolute Gasteiger partial charge is 0.246 e. The largest absolute Gasteiger partial charge is 0.343 e. The summed E-state index contributed by atoms with van der Waals surface area (Å²) >= 11 is 4.55. The van der Waals surface area contributed by atoms with Gasteiger partial charge in [-0.25, -0.2) is 0 Å². The van der Waals surface area contributed by atoms with Crippen LogP contribution in [0.1, 0.15) is 54.2 Å². The van der Waals surface area contributed by atoms with Crippen LogP contribution in [0.5, 0.6) is 0 Å². The maximum Gasteiger partial charge on any atom is 0.246 e. The van der Waals surface area contributed by atoms with Gasteiger partial charge in [0.25, 0.3) is 0 Å². The Morgan fingerprint density at radius 1 is 0.971 bits per heavy atom. The van der Waals surface area contributed by atoms with Crippen molar-refractivity contribution >= 4 is 24.4 Å². The van der Waals surface area contributed by atoms with Crippen LogP contribution in [0.25, 0.3) is 11.1 Å². The van der Waals surface area contributed by atoms with E-state index in [1.165, 1.54) is 11.1 Å². The predicted molar refractivity (Wildman–Crippen MR) is 139 cm³/mol. The van der Waals surface area contributed by atoms with E-state index in [4.69, 9.17) is 0 Å². The predicted octanol–water partition coefficient (Wildman–Crippen LogP) is 5.51. The number of benzene rings is 3. The van der Waals surface area contributed by atoms with Crippen molar-refractivity contribution in [2.24, 2.45) is 0 Å². The second kappa shape index (κ2) is 9.67. The van der Waals surface area contributed by atoms with E-state index in [-0.39, 0.29) is 23.9 Å². The molecule has 0 bridgehead atoms. The Bertz CT molecular complexity index is 1180. The van der Waals surface area contributed by atoms with Gasteiger partial charge in [-0.3, -0.25) is 9.59 Å². The average Bonchev–Trinajstić information content (AvgIpc) is 2.99. The van der Waals surface area contributed by atoms with Crippen LogP contribution in [0.2, 0.25) is 0 Å². The first kappa shape index (κ1) is 22.7. The number of thiol groups is 1. The van der Waals surface area contributed by atoms with E-state index in [9.17, 15) is 9.59 Å². The van der Waals surface area contributed by atoms with E-state index < -0.39 is 11.3 Å². The molecular weight excluding hydrogens is 440 g/mol. The van der Waals surface area contributed by atoms with Gasteiger partial charge in [0.05, 0.1) is 6.04 Å². The third kappa shape index (κ3) is 4.37. The van der Waals surface area contributed by atoms with Crippen LogP contribution >= 0.6 is 12.6 Å². The number of nitrogens with one attached hydrogen (secondary N) is 1. The lowest BCUT2D eigenvalue weighted by Crippen LogP contribution is -2.53. The zero-order valence-electron chi connectivity index (χ0n) is 19.4. The summed E-state index contributed by atoms with van der Waals surface area (Å²) in [4.78, 5) is 28.9. The van der Waals surface area contributed by atoms with Crippen LogP contribution in [0.4, 0.5) is 0 Å². The maximum absolute atomic E-state index is 13.8. The van der Waals surface area contributed by atoms with Gasteiger partial charge in [0.15, 0.2) is 0 Å². The molecule has 34 heavy (non-hydrogen) atoms. The molecule has 0 spiro atoms. The lowest BCUT2D eigenvalue weighted by Gasteiger charge is -2.41. The van der Waals surface area contributed by atoms with E-state index in [2.05, 4.69) is 55.2 Å². The molecule has 3 unspecified atom stereocenters. The van der Waals surface area contributed by atoms with Crippen molar-refractivity contribution in [3.63, 3.8) is 0 Å². The fourth-order valence-electron chi connectivity index (χ4n) is 5.41. The number of amides is 2. The average molecular weight is 471 g/mol. The summed E-state index contributed by atoms with van der Waals surface area (Å²) in [6.07, 6.45) is 3.51. The van der Waals surface area contributed by atoms with Gasteiger partial charge in [0.2, 0.25) is 11.8 Å². The lowest BCUT2D eigenvalue weighted by atomic mass is 9.88. The quantitative estimate of drug-likeness (QED) is 0.494. The molecule has 4 nitrogen and oxygen atoms in total. The molecule has 2 aliphatic rings. The number of rotatable bonds is 4.